The largest absolute Gasteiger partial charge is 0.396 e. The topological polar surface area (TPSA) is 46.2 Å². The average molecular weight is 152 g/mol. The summed E-state index contributed by atoms with van der Waals surface area (Å²) in [5.74, 6) is 0. The lowest BCUT2D eigenvalue weighted by atomic mass is 10.1. The highest BCUT2D eigenvalue weighted by Gasteiger charge is 2.10. The maximum Gasteiger partial charge on any atom is 0.0485 e. The predicted octanol–water partition coefficient (Wildman–Crippen LogP) is 0.714. The quantitative estimate of drug-likeness (QED) is 0.582. The van der Waals surface area contributed by atoms with Gasteiger partial charge in [-0.1, -0.05) is 6.92 Å². The summed E-state index contributed by atoms with van der Waals surface area (Å²) in [6.45, 7) is 2.11. The van der Waals surface area contributed by atoms with Gasteiger partial charge < -0.3 is 10.8 Å². The average Bonchev–Trinajstić information content (AvgIpc) is 1.87. The fourth-order valence-electron chi connectivity index (χ4n) is 0.633. The van der Waals surface area contributed by atoms with Crippen LogP contribution in [0.15, 0.2) is 0 Å². The first kappa shape index (κ1) is 9.21. The molecule has 2 atom stereocenters. The molecule has 9 heavy (non-hydrogen) atoms. The number of halogens is 1. The molecule has 3 N–H and O–H groups in total. The number of hydrogen-bond donors (Lipinski definition) is 2. The van der Waals surface area contributed by atoms with Gasteiger partial charge in [-0.05, 0) is 12.8 Å². The second-order valence-corrected chi connectivity index (χ2v) is 2.66. The van der Waals surface area contributed by atoms with Gasteiger partial charge in [0.1, 0.15) is 0 Å². The monoisotopic (exact) mass is 151 g/mol. The first-order chi connectivity index (χ1) is 4.22. The molecule has 0 aliphatic carbocycles. The Hall–Kier alpha value is 0.210. The first-order valence-corrected chi connectivity index (χ1v) is 3.66. The molecule has 3 heteroatoms. The molecule has 0 bridgehead atoms. The summed E-state index contributed by atoms with van der Waals surface area (Å²) in [5.41, 5.74) is 5.55. The van der Waals surface area contributed by atoms with E-state index in [-0.39, 0.29) is 18.0 Å². The standard InChI is InChI=1S/C6H14ClNO/c1-2-5(7)6(8)3-4-9/h5-6,9H,2-4,8H2,1H3. The van der Waals surface area contributed by atoms with Crippen molar-refractivity contribution in [3.05, 3.63) is 0 Å². The number of rotatable bonds is 4. The van der Waals surface area contributed by atoms with Crippen molar-refractivity contribution in [3.63, 3.8) is 0 Å². The van der Waals surface area contributed by atoms with Gasteiger partial charge in [0.2, 0.25) is 0 Å². The zero-order valence-electron chi connectivity index (χ0n) is 5.68. The summed E-state index contributed by atoms with van der Waals surface area (Å²) < 4.78 is 0. The first-order valence-electron chi connectivity index (χ1n) is 3.22. The Morgan fingerprint density at radius 2 is 2.22 bits per heavy atom. The lowest BCUT2D eigenvalue weighted by Crippen LogP contribution is -2.31. The van der Waals surface area contributed by atoms with Gasteiger partial charge >= 0.3 is 0 Å². The third-order valence-electron chi connectivity index (χ3n) is 1.32. The second kappa shape index (κ2) is 5.03. The van der Waals surface area contributed by atoms with Crippen LogP contribution in [0.3, 0.4) is 0 Å². The van der Waals surface area contributed by atoms with Crippen LogP contribution in [0.5, 0.6) is 0 Å². The van der Waals surface area contributed by atoms with E-state index in [0.29, 0.717) is 6.42 Å². The number of aliphatic hydroxyl groups is 1. The summed E-state index contributed by atoms with van der Waals surface area (Å²) in [7, 11) is 0. The molecule has 0 radical (unpaired) electrons. The molecular formula is C6H14ClNO. The fraction of sp³-hybridized carbons (Fsp3) is 1.00. The molecule has 0 saturated heterocycles. The van der Waals surface area contributed by atoms with Gasteiger partial charge in [-0.25, -0.2) is 0 Å². The minimum Gasteiger partial charge on any atom is -0.396 e. The minimum absolute atomic E-state index is 0.0112. The van der Waals surface area contributed by atoms with E-state index >= 15 is 0 Å². The van der Waals surface area contributed by atoms with Crippen LogP contribution >= 0.6 is 11.6 Å². The highest BCUT2D eigenvalue weighted by atomic mass is 35.5. The minimum atomic E-state index is -0.0540. The van der Waals surface area contributed by atoms with Crippen molar-refractivity contribution < 1.29 is 5.11 Å². The number of alkyl halides is 1. The van der Waals surface area contributed by atoms with Gasteiger partial charge in [0.15, 0.2) is 0 Å². The van der Waals surface area contributed by atoms with Crippen molar-refractivity contribution in [1.82, 2.24) is 0 Å². The molecule has 2 nitrogen and oxygen atoms in total. The van der Waals surface area contributed by atoms with E-state index in [1.807, 2.05) is 6.92 Å². The number of hydrogen-bond acceptors (Lipinski definition) is 2. The Labute approximate surface area is 61.0 Å². The lowest BCUT2D eigenvalue weighted by Gasteiger charge is -2.13. The smallest absolute Gasteiger partial charge is 0.0485 e. The van der Waals surface area contributed by atoms with Crippen LogP contribution in [0, 0.1) is 0 Å². The summed E-state index contributed by atoms with van der Waals surface area (Å²) in [6, 6.07) is -0.0540. The van der Waals surface area contributed by atoms with E-state index in [2.05, 4.69) is 0 Å². The van der Waals surface area contributed by atoms with Gasteiger partial charge in [-0.2, -0.15) is 0 Å². The van der Waals surface area contributed by atoms with Crippen molar-refractivity contribution in [2.24, 2.45) is 5.73 Å². The van der Waals surface area contributed by atoms with E-state index in [1.165, 1.54) is 0 Å². The zero-order valence-corrected chi connectivity index (χ0v) is 6.43. The van der Waals surface area contributed by atoms with Crippen LogP contribution in [0.25, 0.3) is 0 Å². The van der Waals surface area contributed by atoms with Crippen LogP contribution in [0.1, 0.15) is 19.8 Å². The van der Waals surface area contributed by atoms with Gasteiger partial charge in [0.05, 0.1) is 0 Å². The van der Waals surface area contributed by atoms with Gasteiger partial charge in [0, 0.05) is 18.0 Å². The Morgan fingerprint density at radius 3 is 2.56 bits per heavy atom. The summed E-state index contributed by atoms with van der Waals surface area (Å²) >= 11 is 5.76. The van der Waals surface area contributed by atoms with Crippen molar-refractivity contribution >= 4 is 11.6 Å². The fourth-order valence-corrected chi connectivity index (χ4v) is 0.759. The molecule has 0 heterocycles. The van der Waals surface area contributed by atoms with Crippen LogP contribution < -0.4 is 5.73 Å². The molecule has 0 spiro atoms. The number of nitrogens with two attached hydrogens (primary N) is 1. The number of aliphatic hydroxyl groups excluding tert-OH is 1. The molecule has 0 saturated carbocycles. The van der Waals surface area contributed by atoms with Crippen LogP contribution in [-0.2, 0) is 0 Å². The molecule has 0 aliphatic rings. The maximum atomic E-state index is 8.44. The molecule has 0 aromatic carbocycles. The van der Waals surface area contributed by atoms with Crippen molar-refractivity contribution in [2.75, 3.05) is 6.61 Å². The highest BCUT2D eigenvalue weighted by molar-refractivity contribution is 6.21. The van der Waals surface area contributed by atoms with Crippen LogP contribution in [0.2, 0.25) is 0 Å². The Morgan fingerprint density at radius 1 is 1.67 bits per heavy atom. The third-order valence-corrected chi connectivity index (χ3v) is 1.95. The Bertz CT molecular complexity index is 70.1. The summed E-state index contributed by atoms with van der Waals surface area (Å²) in [6.07, 6.45) is 1.46. The van der Waals surface area contributed by atoms with Gasteiger partial charge in [-0.3, -0.25) is 0 Å². The van der Waals surface area contributed by atoms with Gasteiger partial charge in [-0.15, -0.1) is 11.6 Å². The molecule has 0 amide bonds. The molecule has 56 valence electrons. The van der Waals surface area contributed by atoms with E-state index in [4.69, 9.17) is 22.4 Å². The molecule has 0 aromatic rings. The van der Waals surface area contributed by atoms with Crippen molar-refractivity contribution in [3.8, 4) is 0 Å². The predicted molar refractivity (Wildman–Crippen MR) is 39.6 cm³/mol. The molecule has 0 aromatic heterocycles. The maximum absolute atomic E-state index is 8.44. The van der Waals surface area contributed by atoms with Gasteiger partial charge in [0.25, 0.3) is 0 Å². The second-order valence-electron chi connectivity index (χ2n) is 2.10. The van der Waals surface area contributed by atoms with E-state index in [1.54, 1.807) is 0 Å². The molecule has 2 unspecified atom stereocenters. The molecular weight excluding hydrogens is 138 g/mol. The van der Waals surface area contributed by atoms with Crippen LogP contribution in [-0.4, -0.2) is 23.1 Å². The van der Waals surface area contributed by atoms with Crippen molar-refractivity contribution in [1.29, 1.82) is 0 Å². The summed E-state index contributed by atoms with van der Waals surface area (Å²) in [4.78, 5) is 0. The third kappa shape index (κ3) is 3.73. The molecule has 0 rings (SSSR count). The zero-order chi connectivity index (χ0) is 7.28. The Balaban J connectivity index is 3.32. The Kier molecular flexibility index (Phi) is 5.15. The normalized spacial score (nSPS) is 17.3. The van der Waals surface area contributed by atoms with E-state index < -0.39 is 0 Å². The molecule has 0 aliphatic heterocycles. The molecule has 0 fully saturated rings. The highest BCUT2D eigenvalue weighted by Crippen LogP contribution is 2.07. The lowest BCUT2D eigenvalue weighted by molar-refractivity contribution is 0.273. The SMILES string of the molecule is CCC(Cl)C(N)CCO. The van der Waals surface area contributed by atoms with E-state index in [9.17, 15) is 0 Å². The summed E-state index contributed by atoms with van der Waals surface area (Å²) in [5, 5.41) is 8.45. The van der Waals surface area contributed by atoms with E-state index in [0.717, 1.165) is 6.42 Å². The van der Waals surface area contributed by atoms with Crippen molar-refractivity contribution in [2.45, 2.75) is 31.2 Å². The van der Waals surface area contributed by atoms with Crippen LogP contribution in [0.4, 0.5) is 0 Å².